The normalized spacial score (nSPS) is 11.6. The van der Waals surface area contributed by atoms with Crippen molar-refractivity contribution in [1.29, 1.82) is 0 Å². The van der Waals surface area contributed by atoms with Crippen LogP contribution >= 0.6 is 11.3 Å². The first-order chi connectivity index (χ1) is 33.2. The molecule has 0 unspecified atom stereocenters. The second-order valence-corrected chi connectivity index (χ2v) is 18.4. The summed E-state index contributed by atoms with van der Waals surface area (Å²) in [6, 6.07) is 93.1. The largest absolute Gasteiger partial charge is 0.311 e. The van der Waals surface area contributed by atoms with E-state index in [2.05, 4.69) is 264 Å². The van der Waals surface area contributed by atoms with Crippen molar-refractivity contribution >= 4 is 81.1 Å². The molecule has 314 valence electrons. The number of fused-ring (bicyclic) bond motifs is 7. The van der Waals surface area contributed by atoms with E-state index in [9.17, 15) is 0 Å². The van der Waals surface area contributed by atoms with Gasteiger partial charge in [0.1, 0.15) is 0 Å². The number of hydrogen-bond donors (Lipinski definition) is 0. The molecule has 2 aromatic heterocycles. The van der Waals surface area contributed by atoms with Gasteiger partial charge in [-0.05, 0) is 140 Å². The fourth-order valence-electron chi connectivity index (χ4n) is 10.1. The van der Waals surface area contributed by atoms with E-state index in [1.807, 2.05) is 11.3 Å². The monoisotopic (exact) mass is 870 g/mol. The summed E-state index contributed by atoms with van der Waals surface area (Å²) < 4.78 is 5.02. The SMILES string of the molecule is c1cc(-c2ccc(N(c3ccc(-c4cccc(-n5c6ccccc6c6ccccc65)c4)cc3)c3ccc(-c4cccc5sc6ccccc6c45)cc3)cc2)cc(-c2ccc3ccccc3c2)c1. The van der Waals surface area contributed by atoms with Crippen molar-refractivity contribution < 1.29 is 0 Å². The minimum atomic E-state index is 1.09. The van der Waals surface area contributed by atoms with Gasteiger partial charge >= 0.3 is 0 Å². The molecule has 3 heteroatoms. The van der Waals surface area contributed by atoms with Crippen LogP contribution in [0.5, 0.6) is 0 Å². The Kier molecular flexibility index (Phi) is 9.40. The first-order valence-electron chi connectivity index (χ1n) is 22.9. The topological polar surface area (TPSA) is 8.17 Å². The fraction of sp³-hybridized carbons (Fsp3) is 0. The van der Waals surface area contributed by atoms with E-state index in [0.717, 1.165) is 22.7 Å². The molecule has 0 saturated heterocycles. The van der Waals surface area contributed by atoms with Crippen molar-refractivity contribution in [3.8, 4) is 50.2 Å². The highest BCUT2D eigenvalue weighted by Crippen LogP contribution is 2.43. The summed E-state index contributed by atoms with van der Waals surface area (Å²) >= 11 is 1.86. The van der Waals surface area contributed by atoms with Gasteiger partial charge in [-0.2, -0.15) is 0 Å². The molecule has 0 fully saturated rings. The lowest BCUT2D eigenvalue weighted by Crippen LogP contribution is -2.09. The van der Waals surface area contributed by atoms with E-state index in [4.69, 9.17) is 0 Å². The Labute approximate surface area is 393 Å². The Morgan fingerprint density at radius 3 is 1.45 bits per heavy atom. The van der Waals surface area contributed by atoms with Crippen LogP contribution in [0.15, 0.2) is 255 Å². The van der Waals surface area contributed by atoms with Gasteiger partial charge in [0, 0.05) is 53.7 Å². The van der Waals surface area contributed by atoms with Crippen LogP contribution in [0.25, 0.3) is 103 Å². The molecular formula is C64H42N2S. The molecule has 11 aromatic carbocycles. The van der Waals surface area contributed by atoms with Gasteiger partial charge in [-0.1, -0.05) is 170 Å². The maximum atomic E-state index is 2.39. The first kappa shape index (κ1) is 38.9. The standard InChI is InChI=1S/C64H42N2S/c1-2-13-47-41-51(27-26-43(47)12-1)49-15-9-14-48(40-49)44-28-34-52(35-29-44)65(54-38-32-46(33-39-54)56-21-11-25-63-64(56)59-20-5-8-24-62(59)67-63)53-36-30-45(31-37-53)50-16-10-17-55(42-50)66-60-22-6-3-18-57(60)58-19-4-7-23-61(58)66/h1-42H. The van der Waals surface area contributed by atoms with E-state index >= 15 is 0 Å². The van der Waals surface area contributed by atoms with E-state index in [1.165, 1.54) is 97.3 Å². The number of nitrogens with zero attached hydrogens (tertiary/aromatic N) is 2. The lowest BCUT2D eigenvalue weighted by Gasteiger charge is -2.26. The van der Waals surface area contributed by atoms with Crippen LogP contribution in [0.4, 0.5) is 17.1 Å². The molecule has 2 heterocycles. The predicted molar refractivity (Wildman–Crippen MR) is 288 cm³/mol. The Bertz CT molecular complexity index is 3920. The molecule has 0 bridgehead atoms. The third-order valence-corrected chi connectivity index (χ3v) is 14.5. The number of rotatable bonds is 8. The summed E-state index contributed by atoms with van der Waals surface area (Å²) in [4.78, 5) is 2.37. The zero-order valence-electron chi connectivity index (χ0n) is 36.6. The average Bonchev–Trinajstić information content (AvgIpc) is 3.96. The van der Waals surface area contributed by atoms with Gasteiger partial charge in [0.05, 0.1) is 11.0 Å². The molecule has 0 radical (unpaired) electrons. The molecule has 0 saturated carbocycles. The quantitative estimate of drug-likeness (QED) is 0.148. The minimum absolute atomic E-state index is 1.09. The zero-order valence-corrected chi connectivity index (χ0v) is 37.4. The fourth-order valence-corrected chi connectivity index (χ4v) is 11.3. The summed E-state index contributed by atoms with van der Waals surface area (Å²) in [7, 11) is 0. The molecule has 0 atom stereocenters. The van der Waals surface area contributed by atoms with Crippen LogP contribution in [0.3, 0.4) is 0 Å². The molecular weight excluding hydrogens is 829 g/mol. The van der Waals surface area contributed by atoms with Crippen molar-refractivity contribution in [1.82, 2.24) is 4.57 Å². The van der Waals surface area contributed by atoms with Gasteiger partial charge in [-0.3, -0.25) is 0 Å². The molecule has 0 aliphatic heterocycles. The van der Waals surface area contributed by atoms with Crippen molar-refractivity contribution in [2.45, 2.75) is 0 Å². The maximum Gasteiger partial charge on any atom is 0.0541 e. The number of anilines is 3. The molecule has 0 spiro atoms. The molecule has 0 amide bonds. The number of hydrogen-bond acceptors (Lipinski definition) is 2. The molecule has 67 heavy (non-hydrogen) atoms. The lowest BCUT2D eigenvalue weighted by molar-refractivity contribution is 1.18. The van der Waals surface area contributed by atoms with Crippen molar-refractivity contribution in [2.75, 3.05) is 4.90 Å². The Balaban J connectivity index is 0.872. The Morgan fingerprint density at radius 1 is 0.299 bits per heavy atom. The molecule has 0 aliphatic rings. The highest BCUT2D eigenvalue weighted by atomic mass is 32.1. The summed E-state index contributed by atoms with van der Waals surface area (Å²) in [5, 5.41) is 7.67. The summed E-state index contributed by atoms with van der Waals surface area (Å²) in [5.41, 5.74) is 16.4. The molecule has 2 nitrogen and oxygen atoms in total. The van der Waals surface area contributed by atoms with Crippen LogP contribution in [0.2, 0.25) is 0 Å². The molecule has 13 aromatic rings. The first-order valence-corrected chi connectivity index (χ1v) is 23.7. The van der Waals surface area contributed by atoms with Gasteiger partial charge in [-0.25, -0.2) is 0 Å². The van der Waals surface area contributed by atoms with Gasteiger partial charge in [0.25, 0.3) is 0 Å². The number of aromatic nitrogens is 1. The molecule has 0 N–H and O–H groups in total. The van der Waals surface area contributed by atoms with Gasteiger partial charge in [0.2, 0.25) is 0 Å². The Morgan fingerprint density at radius 2 is 0.776 bits per heavy atom. The lowest BCUT2D eigenvalue weighted by atomic mass is 9.97. The summed E-state index contributed by atoms with van der Waals surface area (Å²) in [6.07, 6.45) is 0. The summed E-state index contributed by atoms with van der Waals surface area (Å²) in [5.74, 6) is 0. The third kappa shape index (κ3) is 6.88. The second-order valence-electron chi connectivity index (χ2n) is 17.3. The van der Waals surface area contributed by atoms with Crippen molar-refractivity contribution in [3.05, 3.63) is 255 Å². The van der Waals surface area contributed by atoms with Crippen LogP contribution in [0, 0.1) is 0 Å². The van der Waals surface area contributed by atoms with E-state index in [-0.39, 0.29) is 0 Å². The van der Waals surface area contributed by atoms with Gasteiger partial charge in [0.15, 0.2) is 0 Å². The van der Waals surface area contributed by atoms with Crippen molar-refractivity contribution in [2.24, 2.45) is 0 Å². The predicted octanol–water partition coefficient (Wildman–Crippen LogP) is 18.4. The summed E-state index contributed by atoms with van der Waals surface area (Å²) in [6.45, 7) is 0. The number of benzene rings is 11. The third-order valence-electron chi connectivity index (χ3n) is 13.4. The maximum absolute atomic E-state index is 2.39. The molecule has 13 rings (SSSR count). The highest BCUT2D eigenvalue weighted by Gasteiger charge is 2.17. The van der Waals surface area contributed by atoms with Crippen LogP contribution in [0.1, 0.15) is 0 Å². The van der Waals surface area contributed by atoms with Gasteiger partial charge < -0.3 is 9.47 Å². The smallest absolute Gasteiger partial charge is 0.0541 e. The van der Waals surface area contributed by atoms with E-state index < -0.39 is 0 Å². The van der Waals surface area contributed by atoms with E-state index in [1.54, 1.807) is 0 Å². The van der Waals surface area contributed by atoms with Crippen LogP contribution < -0.4 is 4.90 Å². The number of para-hydroxylation sites is 2. The number of thiophene rings is 1. The Hall–Kier alpha value is -8.50. The minimum Gasteiger partial charge on any atom is -0.311 e. The van der Waals surface area contributed by atoms with Gasteiger partial charge in [-0.15, -0.1) is 11.3 Å². The van der Waals surface area contributed by atoms with Crippen LogP contribution in [-0.4, -0.2) is 4.57 Å². The van der Waals surface area contributed by atoms with E-state index in [0.29, 0.717) is 0 Å². The second kappa shape index (κ2) is 16.2. The van der Waals surface area contributed by atoms with Crippen molar-refractivity contribution in [3.63, 3.8) is 0 Å². The van der Waals surface area contributed by atoms with Crippen LogP contribution in [-0.2, 0) is 0 Å². The highest BCUT2D eigenvalue weighted by molar-refractivity contribution is 7.25. The molecule has 0 aliphatic carbocycles. The zero-order chi connectivity index (χ0) is 44.3. The average molecular weight is 871 g/mol.